The first-order valence-electron chi connectivity index (χ1n) is 9.66. The Morgan fingerprint density at radius 2 is 1.38 bits per heavy atom. The lowest BCUT2D eigenvalue weighted by molar-refractivity contribution is -0.133. The van der Waals surface area contributed by atoms with Crippen molar-refractivity contribution < 1.29 is 14.4 Å². The van der Waals surface area contributed by atoms with E-state index in [2.05, 4.69) is 32.0 Å². The molecule has 172 valence electrons. The maximum Gasteiger partial charge on any atom is 0.328 e. The van der Waals surface area contributed by atoms with Crippen LogP contribution in [0.1, 0.15) is 10.5 Å². The van der Waals surface area contributed by atoms with Crippen LogP contribution in [0.4, 0.5) is 11.4 Å². The second-order valence-corrected chi connectivity index (χ2v) is 9.31. The van der Waals surface area contributed by atoms with E-state index in [-0.39, 0.29) is 5.69 Å². The van der Waals surface area contributed by atoms with E-state index >= 15 is 0 Å². The molecule has 0 unspecified atom stereocenters. The van der Waals surface area contributed by atoms with Crippen LogP contribution in [-0.2, 0) is 9.59 Å². The number of hydrogen-bond donors (Lipinski definition) is 3. The minimum absolute atomic E-state index is 0.0804. The van der Waals surface area contributed by atoms with E-state index in [1.807, 2.05) is 0 Å². The van der Waals surface area contributed by atoms with E-state index < -0.39 is 17.7 Å². The van der Waals surface area contributed by atoms with E-state index in [4.69, 9.17) is 34.8 Å². The van der Waals surface area contributed by atoms with Gasteiger partial charge in [-0.25, -0.2) is 4.68 Å². The summed E-state index contributed by atoms with van der Waals surface area (Å²) in [5, 5.41) is 7.02. The highest BCUT2D eigenvalue weighted by Gasteiger charge is 2.21. The average molecular weight is 581 g/mol. The van der Waals surface area contributed by atoms with Gasteiger partial charge in [-0.2, -0.15) is 0 Å². The second kappa shape index (κ2) is 10.1. The lowest BCUT2D eigenvalue weighted by Gasteiger charge is -2.13. The van der Waals surface area contributed by atoms with E-state index in [1.165, 1.54) is 22.9 Å². The Morgan fingerprint density at radius 1 is 0.706 bits per heavy atom. The second-order valence-electron chi connectivity index (χ2n) is 7.08. The van der Waals surface area contributed by atoms with Gasteiger partial charge in [-0.3, -0.25) is 19.8 Å². The number of carbonyl (C=O) groups excluding carboxylic acids is 3. The summed E-state index contributed by atoms with van der Waals surface area (Å²) in [6.45, 7) is 0. The maximum absolute atomic E-state index is 13.1. The fraction of sp³-hybridized carbons (Fsp3) is 0. The van der Waals surface area contributed by atoms with Crippen molar-refractivity contribution in [3.05, 3.63) is 92.0 Å². The summed E-state index contributed by atoms with van der Waals surface area (Å²) in [5.41, 5.74) is 3.83. The summed E-state index contributed by atoms with van der Waals surface area (Å²) in [7, 11) is 0. The summed E-state index contributed by atoms with van der Waals surface area (Å²) in [5.74, 6) is -2.45. The van der Waals surface area contributed by atoms with Crippen molar-refractivity contribution in [2.24, 2.45) is 0 Å². The van der Waals surface area contributed by atoms with Gasteiger partial charge in [0.05, 0.1) is 5.52 Å². The first-order chi connectivity index (χ1) is 16.2. The smallest absolute Gasteiger partial charge is 0.321 e. The van der Waals surface area contributed by atoms with E-state index in [1.54, 1.807) is 48.5 Å². The molecular formula is C23H14BrCl3N4O3. The van der Waals surface area contributed by atoms with Crippen molar-refractivity contribution in [2.75, 3.05) is 16.1 Å². The molecule has 0 aliphatic rings. The SMILES string of the molecule is O=C(Nc1ccc(Cl)cc1)C(=O)Nn1c(C(=O)Nc2cc(Cl)cc(Cl)c2)cc2cc(Br)ccc21. The topological polar surface area (TPSA) is 92.2 Å². The van der Waals surface area contributed by atoms with Gasteiger partial charge in [0, 0.05) is 36.3 Å². The highest BCUT2D eigenvalue weighted by Crippen LogP contribution is 2.26. The number of fused-ring (bicyclic) bond motifs is 1. The normalized spacial score (nSPS) is 10.7. The molecule has 4 rings (SSSR count). The number of halogens is 4. The molecule has 1 aromatic heterocycles. The van der Waals surface area contributed by atoms with Crippen molar-refractivity contribution in [3.63, 3.8) is 0 Å². The number of hydrogen-bond acceptors (Lipinski definition) is 3. The van der Waals surface area contributed by atoms with Crippen LogP contribution in [0.2, 0.25) is 15.1 Å². The molecule has 0 atom stereocenters. The number of amides is 3. The fourth-order valence-electron chi connectivity index (χ4n) is 3.17. The average Bonchev–Trinajstić information content (AvgIpc) is 3.12. The Labute approximate surface area is 217 Å². The van der Waals surface area contributed by atoms with Gasteiger partial charge in [0.15, 0.2) is 0 Å². The molecule has 34 heavy (non-hydrogen) atoms. The van der Waals surface area contributed by atoms with Crippen LogP contribution >= 0.6 is 50.7 Å². The molecule has 1 heterocycles. The molecule has 11 heteroatoms. The van der Waals surface area contributed by atoms with Crippen LogP contribution < -0.4 is 16.1 Å². The van der Waals surface area contributed by atoms with Crippen LogP contribution in [0.5, 0.6) is 0 Å². The molecule has 0 radical (unpaired) electrons. The van der Waals surface area contributed by atoms with Crippen molar-refractivity contribution in [1.29, 1.82) is 0 Å². The summed E-state index contributed by atoms with van der Waals surface area (Å²) in [4.78, 5) is 38.2. The van der Waals surface area contributed by atoms with Gasteiger partial charge in [0.1, 0.15) is 5.69 Å². The van der Waals surface area contributed by atoms with Crippen LogP contribution in [0.25, 0.3) is 10.9 Å². The Hall–Kier alpha value is -3.04. The number of anilines is 2. The molecule has 0 aliphatic heterocycles. The van der Waals surface area contributed by atoms with Gasteiger partial charge in [-0.05, 0) is 66.7 Å². The van der Waals surface area contributed by atoms with Gasteiger partial charge in [-0.1, -0.05) is 50.7 Å². The predicted octanol–water partition coefficient (Wildman–Crippen LogP) is 6.33. The van der Waals surface area contributed by atoms with Crippen molar-refractivity contribution in [2.45, 2.75) is 0 Å². The standard InChI is InChI=1S/C23H14BrCl3N4O3/c24-13-1-6-19-12(7-13)8-20(21(32)29-18-10-15(26)9-16(27)11-18)31(19)30-23(34)22(33)28-17-4-2-14(25)3-5-17/h1-11H,(H,28,33)(H,29,32)(H,30,34). The molecule has 0 saturated carbocycles. The first-order valence-corrected chi connectivity index (χ1v) is 11.6. The largest absolute Gasteiger partial charge is 0.328 e. The Bertz CT molecular complexity index is 1420. The minimum Gasteiger partial charge on any atom is -0.321 e. The third kappa shape index (κ3) is 5.53. The summed E-state index contributed by atoms with van der Waals surface area (Å²) in [6, 6.07) is 17.7. The zero-order valence-corrected chi connectivity index (χ0v) is 20.9. The molecule has 0 aliphatic carbocycles. The van der Waals surface area contributed by atoms with Crippen LogP contribution in [0, 0.1) is 0 Å². The fourth-order valence-corrected chi connectivity index (χ4v) is 4.20. The Kier molecular flexibility index (Phi) is 7.13. The molecule has 7 nitrogen and oxygen atoms in total. The highest BCUT2D eigenvalue weighted by molar-refractivity contribution is 9.10. The van der Waals surface area contributed by atoms with Crippen molar-refractivity contribution in [3.8, 4) is 0 Å². The molecule has 3 amide bonds. The van der Waals surface area contributed by atoms with Gasteiger partial charge >= 0.3 is 11.8 Å². The number of benzene rings is 3. The lowest BCUT2D eigenvalue weighted by atomic mass is 10.2. The zero-order chi connectivity index (χ0) is 24.4. The van der Waals surface area contributed by atoms with Crippen LogP contribution in [-0.4, -0.2) is 22.4 Å². The third-order valence-corrected chi connectivity index (χ3v) is 5.82. The van der Waals surface area contributed by atoms with E-state index in [9.17, 15) is 14.4 Å². The van der Waals surface area contributed by atoms with Gasteiger partial charge in [0.25, 0.3) is 5.91 Å². The van der Waals surface area contributed by atoms with Gasteiger partial charge in [-0.15, -0.1) is 0 Å². The lowest BCUT2D eigenvalue weighted by Crippen LogP contribution is -2.36. The summed E-state index contributed by atoms with van der Waals surface area (Å²) in [6.07, 6.45) is 0. The molecule has 3 N–H and O–H groups in total. The number of rotatable bonds is 4. The molecular weight excluding hydrogens is 567 g/mol. The molecule has 0 bridgehead atoms. The number of nitrogens with zero attached hydrogens (tertiary/aromatic N) is 1. The Balaban J connectivity index is 1.63. The van der Waals surface area contributed by atoms with Gasteiger partial charge < -0.3 is 10.6 Å². The highest BCUT2D eigenvalue weighted by atomic mass is 79.9. The molecule has 3 aromatic carbocycles. The van der Waals surface area contributed by atoms with E-state index in [0.29, 0.717) is 37.3 Å². The predicted molar refractivity (Wildman–Crippen MR) is 139 cm³/mol. The first kappa shape index (κ1) is 24.1. The maximum atomic E-state index is 13.1. The number of aromatic nitrogens is 1. The van der Waals surface area contributed by atoms with Gasteiger partial charge in [0.2, 0.25) is 0 Å². The molecule has 0 saturated heterocycles. The Morgan fingerprint density at radius 3 is 2.06 bits per heavy atom. The van der Waals surface area contributed by atoms with Crippen molar-refractivity contribution >= 4 is 90.7 Å². The monoisotopic (exact) mass is 578 g/mol. The summed E-state index contributed by atoms with van der Waals surface area (Å²) >= 11 is 21.3. The summed E-state index contributed by atoms with van der Waals surface area (Å²) < 4.78 is 2.02. The van der Waals surface area contributed by atoms with E-state index in [0.717, 1.165) is 4.47 Å². The minimum atomic E-state index is -0.977. The van der Waals surface area contributed by atoms with Crippen LogP contribution in [0.15, 0.2) is 71.2 Å². The van der Waals surface area contributed by atoms with Crippen molar-refractivity contribution in [1.82, 2.24) is 4.68 Å². The number of carbonyl (C=O) groups is 3. The number of nitrogens with one attached hydrogen (secondary N) is 3. The van der Waals surface area contributed by atoms with Crippen LogP contribution in [0.3, 0.4) is 0 Å². The molecule has 4 aromatic rings. The quantitative estimate of drug-likeness (QED) is 0.247. The molecule has 0 fully saturated rings. The third-order valence-electron chi connectivity index (χ3n) is 4.64. The zero-order valence-electron chi connectivity index (χ0n) is 17.0. The molecule has 0 spiro atoms.